The molecule has 0 amide bonds. The minimum Gasteiger partial charge on any atom is -0.258 e. The van der Waals surface area contributed by atoms with Crippen molar-refractivity contribution in [2.45, 2.75) is 5.41 Å². The number of rotatable bonds is 2. The van der Waals surface area contributed by atoms with Gasteiger partial charge in [-0.15, -0.1) is 0 Å². The number of fused-ring (bicyclic) bond motifs is 10. The van der Waals surface area contributed by atoms with E-state index < -0.39 is 5.41 Å². The predicted molar refractivity (Wildman–Crippen MR) is 143 cm³/mol. The third kappa shape index (κ3) is 2.60. The van der Waals surface area contributed by atoms with Crippen molar-refractivity contribution < 1.29 is 4.92 Å². The van der Waals surface area contributed by atoms with E-state index in [1.54, 1.807) is 6.07 Å². The topological polar surface area (TPSA) is 43.1 Å². The van der Waals surface area contributed by atoms with E-state index in [0.717, 1.165) is 5.56 Å². The molecule has 2 aliphatic rings. The lowest BCUT2D eigenvalue weighted by atomic mass is 9.70. The number of nitrogens with zero attached hydrogens (tertiary/aromatic N) is 1. The lowest BCUT2D eigenvalue weighted by Crippen LogP contribution is -2.25. The first-order valence-corrected chi connectivity index (χ1v) is 12.3. The van der Waals surface area contributed by atoms with Gasteiger partial charge in [0.2, 0.25) is 0 Å². The number of hydrogen-bond acceptors (Lipinski definition) is 2. The molecule has 0 radical (unpaired) electrons. The third-order valence-corrected chi connectivity index (χ3v) is 7.96. The number of hydrogen-bond donors (Lipinski definition) is 0. The maximum absolute atomic E-state index is 11.9. The summed E-state index contributed by atoms with van der Waals surface area (Å²) in [5.41, 5.74) is 10.9. The number of halogens is 1. The molecule has 1 spiro atoms. The van der Waals surface area contributed by atoms with Crippen molar-refractivity contribution in [3.8, 4) is 33.4 Å². The summed E-state index contributed by atoms with van der Waals surface area (Å²) >= 11 is 3.39. The minimum atomic E-state index is -0.459. The van der Waals surface area contributed by atoms with Crippen LogP contribution in [0.1, 0.15) is 22.3 Å². The Balaban J connectivity index is 1.60. The van der Waals surface area contributed by atoms with Crippen LogP contribution in [0.2, 0.25) is 0 Å². The van der Waals surface area contributed by atoms with Crippen molar-refractivity contribution in [2.24, 2.45) is 0 Å². The van der Waals surface area contributed by atoms with E-state index in [2.05, 4.69) is 101 Å². The van der Waals surface area contributed by atoms with Gasteiger partial charge >= 0.3 is 0 Å². The second kappa shape index (κ2) is 7.24. The Labute approximate surface area is 211 Å². The molecule has 0 aliphatic heterocycles. The van der Waals surface area contributed by atoms with Crippen molar-refractivity contribution in [3.63, 3.8) is 0 Å². The summed E-state index contributed by atoms with van der Waals surface area (Å²) in [4.78, 5) is 11.6. The Morgan fingerprint density at radius 1 is 0.571 bits per heavy atom. The molecule has 0 bridgehead atoms. The second-order valence-corrected chi connectivity index (χ2v) is 9.98. The molecule has 0 saturated heterocycles. The van der Waals surface area contributed by atoms with Gasteiger partial charge in [0.1, 0.15) is 0 Å². The number of nitro groups is 1. The van der Waals surface area contributed by atoms with Crippen molar-refractivity contribution in [1.82, 2.24) is 0 Å². The third-order valence-electron chi connectivity index (χ3n) is 7.46. The molecule has 4 heteroatoms. The van der Waals surface area contributed by atoms with Crippen LogP contribution in [-0.2, 0) is 5.41 Å². The SMILES string of the molecule is O=[N+]([O-])c1cc(Br)ccc1-c1ccc2c(c1)C1(c3ccccc3-c3ccccc31)c1ccccc1-2. The van der Waals surface area contributed by atoms with E-state index in [9.17, 15) is 10.1 Å². The lowest BCUT2D eigenvalue weighted by molar-refractivity contribution is -0.384. The standard InChI is InChI=1S/C31H18BrNO2/c32-20-14-16-21(30(18-20)33(34)35)19-13-15-25-24-9-3-6-12-28(24)31(29(25)17-19)26-10-4-1-7-22(26)23-8-2-5-11-27(23)31/h1-18H. The molecule has 0 aromatic heterocycles. The second-order valence-electron chi connectivity index (χ2n) is 9.07. The fourth-order valence-corrected chi connectivity index (χ4v) is 6.51. The fraction of sp³-hybridized carbons (Fsp3) is 0.0323. The highest BCUT2D eigenvalue weighted by Gasteiger charge is 2.51. The summed E-state index contributed by atoms with van der Waals surface area (Å²) < 4.78 is 0.691. The summed E-state index contributed by atoms with van der Waals surface area (Å²) in [5.74, 6) is 0. The summed E-state index contributed by atoms with van der Waals surface area (Å²) in [6.45, 7) is 0. The van der Waals surface area contributed by atoms with Gasteiger partial charge in [-0.2, -0.15) is 0 Å². The van der Waals surface area contributed by atoms with Gasteiger partial charge in [0.15, 0.2) is 0 Å². The molecule has 0 fully saturated rings. The van der Waals surface area contributed by atoms with Gasteiger partial charge in [-0.05, 0) is 68.3 Å². The van der Waals surface area contributed by atoms with Crippen LogP contribution in [0.15, 0.2) is 114 Å². The Morgan fingerprint density at radius 2 is 1.06 bits per heavy atom. The molecule has 0 atom stereocenters. The van der Waals surface area contributed by atoms with Crippen LogP contribution in [0.25, 0.3) is 33.4 Å². The molecule has 7 rings (SSSR count). The summed E-state index contributed by atoms with van der Waals surface area (Å²) in [5, 5.41) is 11.9. The highest BCUT2D eigenvalue weighted by molar-refractivity contribution is 9.10. The molecule has 2 aliphatic carbocycles. The van der Waals surface area contributed by atoms with E-state index in [-0.39, 0.29) is 10.6 Å². The average Bonchev–Trinajstić information content (AvgIpc) is 3.36. The molecule has 0 N–H and O–H groups in total. The van der Waals surface area contributed by atoms with Gasteiger partial charge in [0.05, 0.1) is 15.9 Å². The van der Waals surface area contributed by atoms with E-state index in [1.807, 2.05) is 18.2 Å². The van der Waals surface area contributed by atoms with E-state index in [1.165, 1.54) is 44.5 Å². The van der Waals surface area contributed by atoms with Crippen LogP contribution < -0.4 is 0 Å². The van der Waals surface area contributed by atoms with Crippen molar-refractivity contribution in [2.75, 3.05) is 0 Å². The lowest BCUT2D eigenvalue weighted by Gasteiger charge is -2.30. The van der Waals surface area contributed by atoms with Crippen molar-refractivity contribution in [1.29, 1.82) is 0 Å². The summed E-state index contributed by atoms with van der Waals surface area (Å²) in [7, 11) is 0. The molecule has 35 heavy (non-hydrogen) atoms. The molecule has 0 unspecified atom stereocenters. The van der Waals surface area contributed by atoms with Crippen LogP contribution in [0.3, 0.4) is 0 Å². The Hall–Kier alpha value is -4.02. The molecule has 166 valence electrons. The number of nitro benzene ring substituents is 1. The van der Waals surface area contributed by atoms with E-state index in [4.69, 9.17) is 0 Å². The Bertz CT molecular complexity index is 1640. The molecule has 3 nitrogen and oxygen atoms in total. The zero-order chi connectivity index (χ0) is 23.7. The normalized spacial score (nSPS) is 13.7. The van der Waals surface area contributed by atoms with Crippen LogP contribution in [0.4, 0.5) is 5.69 Å². The van der Waals surface area contributed by atoms with Crippen LogP contribution in [0, 0.1) is 10.1 Å². The maximum Gasteiger partial charge on any atom is 0.278 e. The molecular weight excluding hydrogens is 498 g/mol. The molecule has 0 saturated carbocycles. The van der Waals surface area contributed by atoms with Crippen LogP contribution in [0.5, 0.6) is 0 Å². The largest absolute Gasteiger partial charge is 0.278 e. The van der Waals surface area contributed by atoms with Gasteiger partial charge in [0, 0.05) is 10.5 Å². The van der Waals surface area contributed by atoms with Crippen molar-refractivity contribution in [3.05, 3.63) is 146 Å². The predicted octanol–water partition coefficient (Wildman–Crippen LogP) is 8.37. The summed E-state index contributed by atoms with van der Waals surface area (Å²) in [6.07, 6.45) is 0. The first-order valence-electron chi connectivity index (χ1n) is 11.5. The Kier molecular flexibility index (Phi) is 4.21. The van der Waals surface area contributed by atoms with Gasteiger partial charge in [0.25, 0.3) is 5.69 Å². The fourth-order valence-electron chi connectivity index (χ4n) is 6.16. The average molecular weight is 516 g/mol. The van der Waals surface area contributed by atoms with Gasteiger partial charge in [-0.3, -0.25) is 10.1 Å². The van der Waals surface area contributed by atoms with Gasteiger partial charge in [-0.1, -0.05) is 101 Å². The monoisotopic (exact) mass is 515 g/mol. The minimum absolute atomic E-state index is 0.0936. The molecule has 5 aromatic carbocycles. The summed E-state index contributed by atoms with van der Waals surface area (Å²) in [6, 6.07) is 37.5. The highest BCUT2D eigenvalue weighted by Crippen LogP contribution is 2.63. The zero-order valence-corrected chi connectivity index (χ0v) is 20.1. The van der Waals surface area contributed by atoms with Gasteiger partial charge < -0.3 is 0 Å². The van der Waals surface area contributed by atoms with Crippen LogP contribution in [-0.4, -0.2) is 4.92 Å². The maximum atomic E-state index is 11.9. The zero-order valence-electron chi connectivity index (χ0n) is 18.5. The van der Waals surface area contributed by atoms with E-state index in [0.29, 0.717) is 10.0 Å². The Morgan fingerprint density at radius 3 is 1.60 bits per heavy atom. The molecule has 0 heterocycles. The quantitative estimate of drug-likeness (QED) is 0.171. The van der Waals surface area contributed by atoms with Crippen LogP contribution >= 0.6 is 15.9 Å². The molecular formula is C31H18BrNO2. The first-order chi connectivity index (χ1) is 17.1. The first kappa shape index (κ1) is 20.4. The smallest absolute Gasteiger partial charge is 0.258 e. The van der Waals surface area contributed by atoms with E-state index >= 15 is 0 Å². The molecule has 5 aromatic rings. The van der Waals surface area contributed by atoms with Gasteiger partial charge in [-0.25, -0.2) is 0 Å². The highest BCUT2D eigenvalue weighted by atomic mass is 79.9. The number of benzene rings is 5. The van der Waals surface area contributed by atoms with Crippen molar-refractivity contribution >= 4 is 21.6 Å².